The van der Waals surface area contributed by atoms with Crippen LogP contribution >= 0.6 is 11.3 Å². The van der Waals surface area contributed by atoms with Gasteiger partial charge in [-0.25, -0.2) is 0 Å². The zero-order valence-electron chi connectivity index (χ0n) is 8.38. The third kappa shape index (κ3) is 3.69. The molecule has 1 aromatic heterocycles. The third-order valence-corrected chi connectivity index (χ3v) is 2.65. The number of fused-ring (bicyclic) bond motifs is 1. The molecule has 3 nitrogen and oxygen atoms in total. The highest BCUT2D eigenvalue weighted by atomic mass is 32.1. The van der Waals surface area contributed by atoms with Gasteiger partial charge in [0.1, 0.15) is 6.04 Å². The van der Waals surface area contributed by atoms with Gasteiger partial charge in [0.25, 0.3) is 0 Å². The van der Waals surface area contributed by atoms with Crippen molar-refractivity contribution in [1.29, 1.82) is 0 Å². The summed E-state index contributed by atoms with van der Waals surface area (Å²) in [4.78, 5) is 9.57. The van der Waals surface area contributed by atoms with Gasteiger partial charge in [0.2, 0.25) is 0 Å². The maximum absolute atomic E-state index is 9.57. The van der Waals surface area contributed by atoms with E-state index in [1.165, 1.54) is 17.0 Å². The molecular formula is C11H13NO2S. The monoisotopic (exact) mass is 223 g/mol. The maximum Gasteiger partial charge on any atom is 0.320 e. The van der Waals surface area contributed by atoms with Crippen LogP contribution in [0.5, 0.6) is 0 Å². The summed E-state index contributed by atoms with van der Waals surface area (Å²) in [5.74, 6) is -0.963. The Morgan fingerprint density at radius 3 is 2.53 bits per heavy atom. The van der Waals surface area contributed by atoms with Crippen LogP contribution in [0.3, 0.4) is 0 Å². The van der Waals surface area contributed by atoms with Gasteiger partial charge in [-0.05, 0) is 29.8 Å². The summed E-state index contributed by atoms with van der Waals surface area (Å²) in [6.07, 6.45) is 0. The Balaban J connectivity index is 0.000000167. The Bertz CT molecular complexity index is 407. The lowest BCUT2D eigenvalue weighted by molar-refractivity contribution is -0.138. The number of carboxylic acids is 1. The van der Waals surface area contributed by atoms with E-state index in [0.717, 1.165) is 0 Å². The van der Waals surface area contributed by atoms with Crippen molar-refractivity contribution in [3.05, 3.63) is 35.7 Å². The highest BCUT2D eigenvalue weighted by molar-refractivity contribution is 7.17. The Hall–Kier alpha value is -1.39. The molecule has 3 N–H and O–H groups in total. The molecule has 1 unspecified atom stereocenters. The van der Waals surface area contributed by atoms with Gasteiger partial charge in [-0.15, -0.1) is 11.3 Å². The van der Waals surface area contributed by atoms with E-state index in [-0.39, 0.29) is 0 Å². The lowest BCUT2D eigenvalue weighted by Crippen LogP contribution is -2.25. The van der Waals surface area contributed by atoms with E-state index in [4.69, 9.17) is 10.8 Å². The Morgan fingerprint density at radius 1 is 1.40 bits per heavy atom. The molecule has 1 atom stereocenters. The maximum atomic E-state index is 9.57. The Labute approximate surface area is 92.1 Å². The molecule has 0 bridgehead atoms. The summed E-state index contributed by atoms with van der Waals surface area (Å²) in [7, 11) is 0. The molecule has 0 aliphatic carbocycles. The normalized spacial score (nSPS) is 11.6. The topological polar surface area (TPSA) is 63.3 Å². The van der Waals surface area contributed by atoms with E-state index in [2.05, 4.69) is 35.7 Å². The molecule has 0 aliphatic rings. The predicted molar refractivity (Wildman–Crippen MR) is 63.1 cm³/mol. The molecule has 2 aromatic rings. The van der Waals surface area contributed by atoms with Crippen LogP contribution in [0.25, 0.3) is 10.1 Å². The number of aliphatic carboxylic acids is 1. The number of thiophene rings is 1. The second kappa shape index (κ2) is 5.48. The fourth-order valence-corrected chi connectivity index (χ4v) is 1.70. The van der Waals surface area contributed by atoms with E-state index in [1.807, 2.05) is 0 Å². The largest absolute Gasteiger partial charge is 0.480 e. The molecule has 0 saturated carbocycles. The minimum Gasteiger partial charge on any atom is -0.480 e. The van der Waals surface area contributed by atoms with Crippen LogP contribution in [0.15, 0.2) is 35.7 Å². The van der Waals surface area contributed by atoms with Crippen molar-refractivity contribution in [2.45, 2.75) is 13.0 Å². The van der Waals surface area contributed by atoms with Crippen molar-refractivity contribution in [2.75, 3.05) is 0 Å². The number of hydrogen-bond donors (Lipinski definition) is 2. The van der Waals surface area contributed by atoms with Crippen molar-refractivity contribution in [2.24, 2.45) is 5.73 Å². The first-order chi connectivity index (χ1) is 7.11. The van der Waals surface area contributed by atoms with Crippen molar-refractivity contribution >= 4 is 27.4 Å². The van der Waals surface area contributed by atoms with Gasteiger partial charge >= 0.3 is 5.97 Å². The van der Waals surface area contributed by atoms with Gasteiger partial charge in [-0.3, -0.25) is 4.79 Å². The van der Waals surface area contributed by atoms with E-state index in [0.29, 0.717) is 0 Å². The summed E-state index contributed by atoms with van der Waals surface area (Å²) in [6, 6.07) is 9.81. The van der Waals surface area contributed by atoms with E-state index < -0.39 is 12.0 Å². The molecule has 0 saturated heterocycles. The van der Waals surface area contributed by atoms with Crippen LogP contribution in [-0.2, 0) is 4.79 Å². The van der Waals surface area contributed by atoms with Crippen LogP contribution in [-0.4, -0.2) is 17.1 Å². The minimum atomic E-state index is -0.963. The first kappa shape index (κ1) is 11.7. The van der Waals surface area contributed by atoms with E-state index in [1.54, 1.807) is 11.3 Å². The van der Waals surface area contributed by atoms with Gasteiger partial charge in [0, 0.05) is 4.70 Å². The second-order valence-corrected chi connectivity index (χ2v) is 4.03. The number of hydrogen-bond acceptors (Lipinski definition) is 3. The summed E-state index contributed by atoms with van der Waals surface area (Å²) in [6.45, 7) is 1.42. The zero-order valence-corrected chi connectivity index (χ0v) is 9.20. The SMILES string of the molecule is CC(N)C(=O)O.c1ccc2sccc2c1. The molecule has 2 rings (SSSR count). The summed E-state index contributed by atoms with van der Waals surface area (Å²) in [5.41, 5.74) is 4.84. The molecule has 15 heavy (non-hydrogen) atoms. The van der Waals surface area contributed by atoms with Crippen LogP contribution < -0.4 is 5.73 Å². The lowest BCUT2D eigenvalue weighted by atomic mass is 10.3. The number of benzene rings is 1. The van der Waals surface area contributed by atoms with Crippen molar-refractivity contribution in [3.63, 3.8) is 0 Å². The van der Waals surface area contributed by atoms with Gasteiger partial charge < -0.3 is 10.8 Å². The van der Waals surface area contributed by atoms with Gasteiger partial charge in [-0.2, -0.15) is 0 Å². The average molecular weight is 223 g/mol. The van der Waals surface area contributed by atoms with Crippen LogP contribution in [0.1, 0.15) is 6.92 Å². The summed E-state index contributed by atoms with van der Waals surface area (Å²) in [5, 5.41) is 11.3. The van der Waals surface area contributed by atoms with Gasteiger partial charge in [0.15, 0.2) is 0 Å². The molecule has 80 valence electrons. The number of nitrogens with two attached hydrogens (primary N) is 1. The highest BCUT2D eigenvalue weighted by Crippen LogP contribution is 2.18. The number of carbonyl (C=O) groups is 1. The fourth-order valence-electron chi connectivity index (χ4n) is 0.906. The molecule has 0 aliphatic heterocycles. The Kier molecular flexibility index (Phi) is 4.27. The highest BCUT2D eigenvalue weighted by Gasteiger charge is 1.99. The van der Waals surface area contributed by atoms with Crippen LogP contribution in [0, 0.1) is 0 Å². The van der Waals surface area contributed by atoms with E-state index >= 15 is 0 Å². The first-order valence-corrected chi connectivity index (χ1v) is 5.40. The summed E-state index contributed by atoms with van der Waals surface area (Å²) < 4.78 is 1.37. The quantitative estimate of drug-likeness (QED) is 0.779. The molecular weight excluding hydrogens is 210 g/mol. The standard InChI is InChI=1S/C8H6S.C3H7NO2/c1-2-4-8-7(3-1)5-6-9-8;1-2(4)3(5)6/h1-6H;2H,4H2,1H3,(H,5,6). The molecule has 0 radical (unpaired) electrons. The van der Waals surface area contributed by atoms with Crippen molar-refractivity contribution < 1.29 is 9.90 Å². The first-order valence-electron chi connectivity index (χ1n) is 4.52. The van der Waals surface area contributed by atoms with Crippen LogP contribution in [0.2, 0.25) is 0 Å². The summed E-state index contributed by atoms with van der Waals surface area (Å²) >= 11 is 1.79. The van der Waals surface area contributed by atoms with Crippen LogP contribution in [0.4, 0.5) is 0 Å². The zero-order chi connectivity index (χ0) is 11.3. The van der Waals surface area contributed by atoms with Gasteiger partial charge in [0.05, 0.1) is 0 Å². The molecule has 1 aromatic carbocycles. The van der Waals surface area contributed by atoms with Gasteiger partial charge in [-0.1, -0.05) is 18.2 Å². The predicted octanol–water partition coefficient (Wildman–Crippen LogP) is 2.32. The average Bonchev–Trinajstić information content (AvgIpc) is 2.66. The second-order valence-electron chi connectivity index (χ2n) is 3.09. The molecule has 4 heteroatoms. The molecule has 0 amide bonds. The van der Waals surface area contributed by atoms with Crippen molar-refractivity contribution in [3.8, 4) is 0 Å². The Morgan fingerprint density at radius 2 is 2.00 bits per heavy atom. The molecule has 1 heterocycles. The van der Waals surface area contributed by atoms with E-state index in [9.17, 15) is 4.79 Å². The number of rotatable bonds is 1. The lowest BCUT2D eigenvalue weighted by Gasteiger charge is -1.90. The molecule has 0 spiro atoms. The molecule has 0 fully saturated rings. The number of carboxylic acid groups (broad SMARTS) is 1. The third-order valence-electron chi connectivity index (χ3n) is 1.75. The smallest absolute Gasteiger partial charge is 0.320 e. The minimum absolute atomic E-state index is 0.731. The van der Waals surface area contributed by atoms with Crippen molar-refractivity contribution in [1.82, 2.24) is 0 Å². The fraction of sp³-hybridized carbons (Fsp3) is 0.182.